The van der Waals surface area contributed by atoms with E-state index in [-0.39, 0.29) is 30.0 Å². The number of imidazole rings is 1. The molecule has 8 nitrogen and oxygen atoms in total. The topological polar surface area (TPSA) is 96.7 Å². The third-order valence-electron chi connectivity index (χ3n) is 9.22. The lowest BCUT2D eigenvalue weighted by Crippen LogP contribution is -2.53. The first-order chi connectivity index (χ1) is 20.9. The second-order valence-corrected chi connectivity index (χ2v) is 13.5. The van der Waals surface area contributed by atoms with E-state index in [1.54, 1.807) is 42.5 Å². The van der Waals surface area contributed by atoms with Crippen LogP contribution in [0, 0.1) is 5.82 Å². The van der Waals surface area contributed by atoms with E-state index in [0.717, 1.165) is 5.52 Å². The maximum atomic E-state index is 16.3. The van der Waals surface area contributed by atoms with Crippen molar-refractivity contribution >= 4 is 51.8 Å². The van der Waals surface area contributed by atoms with Gasteiger partial charge in [-0.3, -0.25) is 9.69 Å². The minimum atomic E-state index is -1.33. The molecule has 0 aliphatic carbocycles. The van der Waals surface area contributed by atoms with E-state index in [4.69, 9.17) is 32.9 Å². The van der Waals surface area contributed by atoms with Gasteiger partial charge in [0.2, 0.25) is 5.91 Å². The molecule has 11 heteroatoms. The number of hydrogen-bond acceptors (Lipinski definition) is 5. The summed E-state index contributed by atoms with van der Waals surface area (Å²) >= 11 is 12.8. The number of halogens is 3. The molecule has 3 aliphatic rings. The molecule has 1 amide bonds. The van der Waals surface area contributed by atoms with Gasteiger partial charge < -0.3 is 19.7 Å². The van der Waals surface area contributed by atoms with Crippen LogP contribution in [0.4, 0.5) is 10.1 Å². The summed E-state index contributed by atoms with van der Waals surface area (Å²) in [6.07, 6.45) is 0.649. The molecular formula is C34H35Cl2FN4O4. The largest absolute Gasteiger partial charge is 0.478 e. The molecule has 4 aromatic rings. The van der Waals surface area contributed by atoms with E-state index < -0.39 is 34.8 Å². The molecule has 0 radical (unpaired) electrons. The van der Waals surface area contributed by atoms with Crippen LogP contribution in [0.3, 0.4) is 0 Å². The number of nitrogens with zero attached hydrogens (tertiary/aromatic N) is 3. The van der Waals surface area contributed by atoms with Gasteiger partial charge in [-0.1, -0.05) is 48.8 Å². The molecule has 1 spiro atoms. The Morgan fingerprint density at radius 1 is 1.18 bits per heavy atom. The van der Waals surface area contributed by atoms with Crippen molar-refractivity contribution in [3.8, 4) is 0 Å². The summed E-state index contributed by atoms with van der Waals surface area (Å²) < 4.78 is 24.5. The second-order valence-electron chi connectivity index (χ2n) is 12.7. The SMILES string of the molecule is C.CC(C)(C)OCCN1[C@H]2CCn3c(nc4cc(C(=O)O)ccc43)[C@H]2[C@H](c2cccc(Cl)c2F)[C@]12C(=O)Nc1cc(Cl)ccc12. The molecule has 0 unspecified atom stereocenters. The molecular weight excluding hydrogens is 618 g/mol. The van der Waals surface area contributed by atoms with Gasteiger partial charge in [0.15, 0.2) is 0 Å². The Labute approximate surface area is 271 Å². The predicted octanol–water partition coefficient (Wildman–Crippen LogP) is 7.43. The molecule has 2 N–H and O–H groups in total. The first-order valence-electron chi connectivity index (χ1n) is 14.6. The lowest BCUT2D eigenvalue weighted by Gasteiger charge is -2.40. The number of aryl methyl sites for hydroxylation is 1. The molecule has 3 aromatic carbocycles. The van der Waals surface area contributed by atoms with Gasteiger partial charge in [-0.2, -0.15) is 0 Å². The summed E-state index contributed by atoms with van der Waals surface area (Å²) in [6.45, 7) is 7.27. The zero-order valence-electron chi connectivity index (χ0n) is 24.4. The van der Waals surface area contributed by atoms with E-state index in [1.807, 2.05) is 26.8 Å². The number of rotatable bonds is 5. The summed E-state index contributed by atoms with van der Waals surface area (Å²) in [7, 11) is 0. The molecule has 1 fully saturated rings. The van der Waals surface area contributed by atoms with Crippen molar-refractivity contribution in [1.82, 2.24) is 14.5 Å². The van der Waals surface area contributed by atoms with Crippen LogP contribution in [-0.4, -0.2) is 56.2 Å². The summed E-state index contributed by atoms with van der Waals surface area (Å²) in [5.41, 5.74) is 1.33. The minimum Gasteiger partial charge on any atom is -0.478 e. The zero-order chi connectivity index (χ0) is 31.1. The average molecular weight is 654 g/mol. The maximum absolute atomic E-state index is 16.3. The number of fused-ring (bicyclic) bond motifs is 7. The molecule has 1 saturated heterocycles. The van der Waals surface area contributed by atoms with Crippen molar-refractivity contribution in [2.45, 2.75) is 70.2 Å². The Morgan fingerprint density at radius 3 is 2.69 bits per heavy atom. The molecule has 0 saturated carbocycles. The van der Waals surface area contributed by atoms with Crippen molar-refractivity contribution in [3.05, 3.63) is 93.0 Å². The molecule has 45 heavy (non-hydrogen) atoms. The van der Waals surface area contributed by atoms with Gasteiger partial charge in [-0.25, -0.2) is 14.2 Å². The number of likely N-dealkylation sites (tertiary alicyclic amines) is 1. The highest BCUT2D eigenvalue weighted by atomic mass is 35.5. The number of carbonyl (C=O) groups excluding carboxylic acids is 1. The number of aromatic carboxylic acids is 1. The standard InChI is InChI=1S/C33H31Cl2FN4O4.CH4/c1-32(2,3)44-14-13-40-25-11-12-39-24-10-7-17(30(41)42)15-23(24)37-29(39)26(25)27(19-5-4-6-21(35)28(19)36)33(40)20-9-8-18(34)16-22(20)38-31(33)43;/h4-10,15-16,25-27H,11-14H2,1-3H3,(H,38,43)(H,41,42);1H4/t25-,26+,27-,33+;/m0./s1. The van der Waals surface area contributed by atoms with E-state index in [0.29, 0.717) is 59.3 Å². The first-order valence-corrected chi connectivity index (χ1v) is 15.4. The Morgan fingerprint density at radius 2 is 1.96 bits per heavy atom. The lowest BCUT2D eigenvalue weighted by atomic mass is 9.70. The van der Waals surface area contributed by atoms with Crippen LogP contribution in [0.5, 0.6) is 0 Å². The quantitative estimate of drug-likeness (QED) is 0.233. The number of benzene rings is 3. The predicted molar refractivity (Wildman–Crippen MR) is 173 cm³/mol. The summed E-state index contributed by atoms with van der Waals surface area (Å²) in [5.74, 6) is -2.41. The summed E-state index contributed by atoms with van der Waals surface area (Å²) in [4.78, 5) is 33.5. The smallest absolute Gasteiger partial charge is 0.335 e. The first kappa shape index (κ1) is 31.5. The van der Waals surface area contributed by atoms with Gasteiger partial charge in [-0.05, 0) is 69.2 Å². The Kier molecular flexibility index (Phi) is 7.76. The fraction of sp³-hybridized carbons (Fsp3) is 0.382. The third kappa shape index (κ3) is 4.74. The molecule has 3 aliphatic heterocycles. The monoisotopic (exact) mass is 652 g/mol. The highest BCUT2D eigenvalue weighted by molar-refractivity contribution is 6.31. The normalized spacial score (nSPS) is 23.9. The summed E-state index contributed by atoms with van der Waals surface area (Å²) in [5, 5.41) is 13.1. The molecule has 4 atom stereocenters. The van der Waals surface area contributed by atoms with Gasteiger partial charge in [0.25, 0.3) is 0 Å². The van der Waals surface area contributed by atoms with Crippen LogP contribution in [-0.2, 0) is 21.6 Å². The number of hydrogen-bond donors (Lipinski definition) is 2. The minimum absolute atomic E-state index is 0. The van der Waals surface area contributed by atoms with Gasteiger partial charge in [0.05, 0.1) is 33.8 Å². The van der Waals surface area contributed by atoms with Crippen LogP contribution < -0.4 is 5.32 Å². The van der Waals surface area contributed by atoms with E-state index in [2.05, 4.69) is 14.8 Å². The van der Waals surface area contributed by atoms with Gasteiger partial charge in [-0.15, -0.1) is 0 Å². The molecule has 0 bridgehead atoms. The number of amides is 1. The molecule has 236 valence electrons. The van der Waals surface area contributed by atoms with Crippen LogP contribution >= 0.6 is 23.2 Å². The van der Waals surface area contributed by atoms with Crippen LogP contribution in [0.25, 0.3) is 11.0 Å². The van der Waals surface area contributed by atoms with Crippen molar-refractivity contribution in [3.63, 3.8) is 0 Å². The number of anilines is 1. The number of carbonyl (C=O) groups is 2. The van der Waals surface area contributed by atoms with Crippen LogP contribution in [0.15, 0.2) is 54.6 Å². The average Bonchev–Trinajstić information content (AvgIpc) is 3.57. The zero-order valence-corrected chi connectivity index (χ0v) is 25.9. The van der Waals surface area contributed by atoms with Crippen molar-refractivity contribution in [2.24, 2.45) is 0 Å². The number of carboxylic acid groups (broad SMARTS) is 1. The van der Waals surface area contributed by atoms with Crippen molar-refractivity contribution < 1.29 is 23.8 Å². The molecule has 1 aromatic heterocycles. The second kappa shape index (κ2) is 11.1. The Hall–Kier alpha value is -3.50. The number of aromatic nitrogens is 2. The van der Waals surface area contributed by atoms with Gasteiger partial charge >= 0.3 is 5.97 Å². The number of nitrogens with one attached hydrogen (secondary N) is 1. The number of carboxylic acids is 1. The Balaban J connectivity index is 0.00000357. The van der Waals surface area contributed by atoms with E-state index >= 15 is 4.39 Å². The highest BCUT2D eigenvalue weighted by Crippen LogP contribution is 2.64. The summed E-state index contributed by atoms with van der Waals surface area (Å²) in [6, 6.07) is 14.9. The lowest BCUT2D eigenvalue weighted by molar-refractivity contribution is -0.129. The number of ether oxygens (including phenoxy) is 1. The fourth-order valence-corrected chi connectivity index (χ4v) is 8.02. The third-order valence-corrected chi connectivity index (χ3v) is 9.75. The molecule has 7 rings (SSSR count). The molecule has 4 heterocycles. The maximum Gasteiger partial charge on any atom is 0.335 e. The van der Waals surface area contributed by atoms with Gasteiger partial charge in [0, 0.05) is 47.2 Å². The van der Waals surface area contributed by atoms with E-state index in [9.17, 15) is 14.7 Å². The Bertz CT molecular complexity index is 1850. The van der Waals surface area contributed by atoms with Gasteiger partial charge in [0.1, 0.15) is 17.2 Å². The van der Waals surface area contributed by atoms with Crippen LogP contribution in [0.2, 0.25) is 10.0 Å². The fourth-order valence-electron chi connectivity index (χ4n) is 7.66. The van der Waals surface area contributed by atoms with Crippen LogP contribution in [0.1, 0.15) is 73.8 Å². The van der Waals surface area contributed by atoms with Crippen molar-refractivity contribution in [2.75, 3.05) is 18.5 Å². The van der Waals surface area contributed by atoms with E-state index in [1.165, 1.54) is 6.07 Å². The highest BCUT2D eigenvalue weighted by Gasteiger charge is 2.68. The van der Waals surface area contributed by atoms with Crippen molar-refractivity contribution in [1.29, 1.82) is 0 Å².